The number of benzene rings is 2. The van der Waals surface area contributed by atoms with Gasteiger partial charge in [0.2, 0.25) is 5.91 Å². The monoisotopic (exact) mass is 548 g/mol. The highest BCUT2D eigenvalue weighted by Crippen LogP contribution is 2.15. The van der Waals surface area contributed by atoms with Gasteiger partial charge in [-0.05, 0) is 49.6 Å². The maximum atomic E-state index is 11.8. The molecule has 3 N–H and O–H groups in total. The topological polar surface area (TPSA) is 83.3 Å². The minimum atomic E-state index is 0. The molecule has 8 heteroatoms. The zero-order chi connectivity index (χ0) is 22.1. The van der Waals surface area contributed by atoms with Crippen LogP contribution in [0.1, 0.15) is 37.6 Å². The number of aromatic nitrogens is 2. The number of nitrogens with zero attached hydrogens (tertiary/aromatic N) is 3. The first-order valence-electron chi connectivity index (χ1n) is 10.9. The van der Waals surface area contributed by atoms with E-state index in [9.17, 15) is 4.79 Å². The van der Waals surface area contributed by atoms with Crippen LogP contribution in [0, 0.1) is 6.92 Å². The molecule has 1 heterocycles. The molecule has 0 fully saturated rings. The van der Waals surface area contributed by atoms with Gasteiger partial charge in [-0.1, -0.05) is 31.2 Å². The second-order valence-electron chi connectivity index (χ2n) is 7.50. The van der Waals surface area contributed by atoms with Crippen molar-refractivity contribution in [3.05, 3.63) is 59.9 Å². The first-order chi connectivity index (χ1) is 15.1. The zero-order valence-corrected chi connectivity index (χ0v) is 21.3. The Morgan fingerprint density at radius 3 is 2.72 bits per heavy atom. The Labute approximate surface area is 207 Å². The Hall–Kier alpha value is -2.62. The number of fused-ring (bicyclic) bond motifs is 1. The first-order valence-corrected chi connectivity index (χ1v) is 10.9. The fourth-order valence-electron chi connectivity index (χ4n) is 3.54. The molecule has 3 rings (SSSR count). The average Bonchev–Trinajstić information content (AvgIpc) is 3.08. The van der Waals surface area contributed by atoms with Crippen molar-refractivity contribution in [2.75, 3.05) is 18.9 Å². The summed E-state index contributed by atoms with van der Waals surface area (Å²) in [5.74, 6) is 1.84. The van der Waals surface area contributed by atoms with Gasteiger partial charge in [-0.15, -0.1) is 24.0 Å². The van der Waals surface area contributed by atoms with E-state index in [2.05, 4.69) is 36.6 Å². The van der Waals surface area contributed by atoms with Crippen molar-refractivity contribution in [1.82, 2.24) is 20.2 Å². The molecule has 32 heavy (non-hydrogen) atoms. The van der Waals surface area contributed by atoms with E-state index in [0.29, 0.717) is 13.0 Å². The lowest BCUT2D eigenvalue weighted by atomic mass is 10.2. The molecule has 0 aliphatic heterocycles. The third kappa shape index (κ3) is 7.22. The van der Waals surface area contributed by atoms with E-state index in [1.807, 2.05) is 56.3 Å². The van der Waals surface area contributed by atoms with Gasteiger partial charge in [0, 0.05) is 38.8 Å². The van der Waals surface area contributed by atoms with Crippen molar-refractivity contribution in [3.63, 3.8) is 0 Å². The summed E-state index contributed by atoms with van der Waals surface area (Å²) in [6, 6.07) is 16.1. The third-order valence-electron chi connectivity index (χ3n) is 5.07. The lowest BCUT2D eigenvalue weighted by Crippen LogP contribution is -2.37. The Morgan fingerprint density at radius 1 is 1.12 bits per heavy atom. The summed E-state index contributed by atoms with van der Waals surface area (Å²) in [4.78, 5) is 20.7. The highest BCUT2D eigenvalue weighted by molar-refractivity contribution is 14.0. The maximum absolute atomic E-state index is 11.8. The summed E-state index contributed by atoms with van der Waals surface area (Å²) < 4.78 is 2.26. The number of anilines is 1. The number of imidazole rings is 1. The molecule has 0 aliphatic rings. The van der Waals surface area contributed by atoms with Gasteiger partial charge in [0.05, 0.1) is 11.0 Å². The van der Waals surface area contributed by atoms with Crippen LogP contribution in [0.5, 0.6) is 0 Å². The Balaban J connectivity index is 0.00000363. The first kappa shape index (κ1) is 25.6. The average molecular weight is 548 g/mol. The fraction of sp³-hybridized carbons (Fsp3) is 0.375. The van der Waals surface area contributed by atoms with E-state index in [4.69, 9.17) is 0 Å². The number of guanidine groups is 1. The molecule has 0 spiro atoms. The number of rotatable bonds is 9. The van der Waals surface area contributed by atoms with Crippen molar-refractivity contribution >= 4 is 52.6 Å². The fourth-order valence-corrected chi connectivity index (χ4v) is 3.54. The highest BCUT2D eigenvalue weighted by atomic mass is 127. The molecule has 1 amide bonds. The smallest absolute Gasteiger partial charge is 0.224 e. The number of halogens is 1. The van der Waals surface area contributed by atoms with Gasteiger partial charge in [0.1, 0.15) is 5.82 Å². The number of amides is 1. The summed E-state index contributed by atoms with van der Waals surface area (Å²) in [5, 5.41) is 9.64. The van der Waals surface area contributed by atoms with Crippen LogP contribution in [-0.4, -0.2) is 35.0 Å². The highest BCUT2D eigenvalue weighted by Gasteiger charge is 2.06. The molecule has 1 aromatic heterocycles. The molecule has 7 nitrogen and oxygen atoms in total. The predicted molar refractivity (Wildman–Crippen MR) is 143 cm³/mol. The molecular formula is C24H33IN6O. The van der Waals surface area contributed by atoms with Crippen molar-refractivity contribution in [1.29, 1.82) is 0 Å². The molecule has 3 aromatic rings. The number of carbonyl (C=O) groups is 1. The summed E-state index contributed by atoms with van der Waals surface area (Å²) >= 11 is 0. The van der Waals surface area contributed by atoms with E-state index in [0.717, 1.165) is 54.5 Å². The van der Waals surface area contributed by atoms with Crippen molar-refractivity contribution in [3.8, 4) is 0 Å². The molecule has 0 unspecified atom stereocenters. The van der Waals surface area contributed by atoms with Gasteiger partial charge >= 0.3 is 0 Å². The number of para-hydroxylation sites is 2. The molecule has 0 saturated carbocycles. The maximum Gasteiger partial charge on any atom is 0.224 e. The van der Waals surface area contributed by atoms with Crippen molar-refractivity contribution in [2.24, 2.45) is 4.99 Å². The van der Waals surface area contributed by atoms with Crippen LogP contribution in [0.25, 0.3) is 11.0 Å². The van der Waals surface area contributed by atoms with Gasteiger partial charge in [-0.2, -0.15) is 0 Å². The van der Waals surface area contributed by atoms with Crippen molar-refractivity contribution in [2.45, 2.75) is 46.2 Å². The summed E-state index contributed by atoms with van der Waals surface area (Å²) in [6.07, 6.45) is 2.33. The van der Waals surface area contributed by atoms with Gasteiger partial charge in [-0.3, -0.25) is 9.79 Å². The molecule has 0 radical (unpaired) electrons. The van der Waals surface area contributed by atoms with Crippen molar-refractivity contribution < 1.29 is 4.79 Å². The van der Waals surface area contributed by atoms with Crippen LogP contribution in [0.15, 0.2) is 53.5 Å². The predicted octanol–water partition coefficient (Wildman–Crippen LogP) is 4.46. The summed E-state index contributed by atoms with van der Waals surface area (Å²) in [6.45, 7) is 6.38. The van der Waals surface area contributed by atoms with E-state index in [1.54, 1.807) is 7.05 Å². The van der Waals surface area contributed by atoms with Crippen LogP contribution in [0.2, 0.25) is 0 Å². The van der Waals surface area contributed by atoms with E-state index in [-0.39, 0.29) is 29.9 Å². The minimum absolute atomic E-state index is 0. The zero-order valence-electron chi connectivity index (χ0n) is 19.0. The van der Waals surface area contributed by atoms with Gasteiger partial charge < -0.3 is 20.5 Å². The molecule has 0 saturated heterocycles. The van der Waals surface area contributed by atoms with Crippen LogP contribution in [0.3, 0.4) is 0 Å². The number of aryl methyl sites for hydroxylation is 2. The molecule has 0 atom stereocenters. The quantitative estimate of drug-likeness (QED) is 0.160. The van der Waals surface area contributed by atoms with E-state index >= 15 is 0 Å². The largest absolute Gasteiger partial charge is 0.356 e. The number of hydrogen-bond acceptors (Lipinski definition) is 3. The number of hydrogen-bond donors (Lipinski definition) is 3. The summed E-state index contributed by atoms with van der Waals surface area (Å²) in [7, 11) is 1.77. The van der Waals surface area contributed by atoms with Crippen LogP contribution in [0.4, 0.5) is 5.69 Å². The SMILES string of the molecule is CCCC(=O)Nc1cccc(CNC(=NC)NCCCn2c(C)nc3ccccc32)c1.I. The van der Waals surface area contributed by atoms with Crippen LogP contribution < -0.4 is 16.0 Å². The van der Waals surface area contributed by atoms with Crippen LogP contribution in [-0.2, 0) is 17.9 Å². The van der Waals surface area contributed by atoms with Crippen LogP contribution >= 0.6 is 24.0 Å². The minimum Gasteiger partial charge on any atom is -0.356 e. The van der Waals surface area contributed by atoms with E-state index < -0.39 is 0 Å². The second-order valence-corrected chi connectivity index (χ2v) is 7.50. The van der Waals surface area contributed by atoms with Gasteiger partial charge in [0.25, 0.3) is 0 Å². The van der Waals surface area contributed by atoms with Gasteiger partial charge in [-0.25, -0.2) is 4.98 Å². The molecule has 2 aromatic carbocycles. The standard InChI is InChI=1S/C24H32N6O.HI/c1-4-9-23(31)29-20-11-7-10-19(16-20)17-27-24(25-3)26-14-8-15-30-18(2)28-21-12-5-6-13-22(21)30;/h5-7,10-13,16H,4,8-9,14-15,17H2,1-3H3,(H,29,31)(H2,25,26,27);1H. The molecular weight excluding hydrogens is 515 g/mol. The number of nitrogens with one attached hydrogen (secondary N) is 3. The van der Waals surface area contributed by atoms with E-state index in [1.165, 1.54) is 5.52 Å². The second kappa shape index (κ2) is 13.0. The Bertz CT molecular complexity index is 1050. The lowest BCUT2D eigenvalue weighted by molar-refractivity contribution is -0.116. The Morgan fingerprint density at radius 2 is 1.94 bits per heavy atom. The third-order valence-corrected chi connectivity index (χ3v) is 5.07. The molecule has 0 aliphatic carbocycles. The van der Waals surface area contributed by atoms with Gasteiger partial charge in [0.15, 0.2) is 5.96 Å². The normalized spacial score (nSPS) is 11.2. The Kier molecular flexibility index (Phi) is 10.5. The molecule has 0 bridgehead atoms. The molecule has 172 valence electrons. The number of carbonyl (C=O) groups excluding carboxylic acids is 1. The number of aliphatic imine (C=N–C) groups is 1. The summed E-state index contributed by atoms with van der Waals surface area (Å²) in [5.41, 5.74) is 4.12. The lowest BCUT2D eigenvalue weighted by Gasteiger charge is -2.13.